The fourth-order valence-corrected chi connectivity index (χ4v) is 6.62. The van der Waals surface area contributed by atoms with Crippen LogP contribution in [-0.2, 0) is 19.6 Å². The molecule has 3 N–H and O–H groups in total. The second-order valence-electron chi connectivity index (χ2n) is 16.7. The number of nitrogens with zero attached hydrogens (tertiary/aromatic N) is 6. The fourth-order valence-electron chi connectivity index (χ4n) is 6.62. The second kappa shape index (κ2) is 21.4. The van der Waals surface area contributed by atoms with Crippen LogP contribution >= 0.6 is 0 Å². The van der Waals surface area contributed by atoms with Gasteiger partial charge in [0.25, 0.3) is 0 Å². The highest BCUT2D eigenvalue weighted by Crippen LogP contribution is 2.08. The van der Waals surface area contributed by atoms with Gasteiger partial charge in [-0.2, -0.15) is 0 Å². The summed E-state index contributed by atoms with van der Waals surface area (Å²) in [6.45, 7) is 29.5. The third kappa shape index (κ3) is 16.7. The number of aromatic nitrogens is 3. The van der Waals surface area contributed by atoms with Crippen molar-refractivity contribution >= 4 is 0 Å². The average Bonchev–Trinajstić information content (AvgIpc) is 2.89. The molecule has 1 aromatic heterocycles. The van der Waals surface area contributed by atoms with Gasteiger partial charge >= 0.3 is 17.1 Å². The van der Waals surface area contributed by atoms with E-state index >= 15 is 0 Å². The predicted molar refractivity (Wildman–Crippen MR) is 196 cm³/mol. The molecule has 0 amide bonds. The van der Waals surface area contributed by atoms with Crippen molar-refractivity contribution in [3.8, 4) is 0 Å². The maximum Gasteiger partial charge on any atom is 0.336 e. The second-order valence-corrected chi connectivity index (χ2v) is 16.7. The highest BCUT2D eigenvalue weighted by Gasteiger charge is 2.25. The summed E-state index contributed by atoms with van der Waals surface area (Å²) in [5.41, 5.74) is -2.60. The summed E-state index contributed by atoms with van der Waals surface area (Å²) in [6.07, 6.45) is -3.16. The molecule has 12 heteroatoms. The molecular formula is C36H72N6O6. The highest BCUT2D eigenvalue weighted by molar-refractivity contribution is 4.84. The Morgan fingerprint density at radius 1 is 0.375 bits per heavy atom. The van der Waals surface area contributed by atoms with E-state index in [1.807, 2.05) is 0 Å². The molecule has 48 heavy (non-hydrogen) atoms. The summed E-state index contributed by atoms with van der Waals surface area (Å²) in [7, 11) is 0. The number of hydrogen-bond acceptors (Lipinski definition) is 9. The smallest absolute Gasteiger partial charge is 0.336 e. The molecule has 1 rings (SSSR count). The van der Waals surface area contributed by atoms with Crippen LogP contribution in [0.1, 0.15) is 83.1 Å². The number of hydrogen-bond donors (Lipinski definition) is 3. The van der Waals surface area contributed by atoms with Gasteiger partial charge < -0.3 is 30.0 Å². The summed E-state index contributed by atoms with van der Waals surface area (Å²) in [6, 6.07) is 0. The monoisotopic (exact) mass is 685 g/mol. The number of rotatable bonds is 24. The number of aliphatic hydroxyl groups is 3. The van der Waals surface area contributed by atoms with Crippen LogP contribution in [0.2, 0.25) is 0 Å². The topological polar surface area (TPSA) is 136 Å². The predicted octanol–water partition coefficient (Wildman–Crippen LogP) is 2.10. The highest BCUT2D eigenvalue weighted by atomic mass is 16.3. The third-order valence-electron chi connectivity index (χ3n) is 7.71. The summed E-state index contributed by atoms with van der Waals surface area (Å²) in [5, 5.41) is 33.6. The lowest BCUT2D eigenvalue weighted by Gasteiger charge is -2.29. The summed E-state index contributed by atoms with van der Waals surface area (Å²) in [4.78, 5) is 47.8. The van der Waals surface area contributed by atoms with Crippen molar-refractivity contribution in [2.24, 2.45) is 35.5 Å². The molecule has 0 saturated heterocycles. The first-order valence-electron chi connectivity index (χ1n) is 18.4. The van der Waals surface area contributed by atoms with Gasteiger partial charge in [0.15, 0.2) is 0 Å². The van der Waals surface area contributed by atoms with E-state index in [1.165, 1.54) is 0 Å². The van der Waals surface area contributed by atoms with Crippen molar-refractivity contribution in [2.75, 3.05) is 58.9 Å². The maximum atomic E-state index is 13.8. The lowest BCUT2D eigenvalue weighted by molar-refractivity contribution is 0.0713. The molecule has 282 valence electrons. The van der Waals surface area contributed by atoms with Crippen LogP contribution in [-0.4, -0.2) is 121 Å². The maximum absolute atomic E-state index is 13.8. The van der Waals surface area contributed by atoms with E-state index in [0.717, 1.165) is 53.0 Å². The zero-order valence-electron chi connectivity index (χ0n) is 32.4. The van der Waals surface area contributed by atoms with Gasteiger partial charge in [-0.3, -0.25) is 0 Å². The Labute approximate surface area is 290 Å². The molecule has 0 aromatic carbocycles. The van der Waals surface area contributed by atoms with Crippen molar-refractivity contribution in [1.29, 1.82) is 0 Å². The van der Waals surface area contributed by atoms with Gasteiger partial charge in [0.05, 0.1) is 37.9 Å². The minimum absolute atomic E-state index is 0.255. The van der Waals surface area contributed by atoms with E-state index in [1.54, 1.807) is 0 Å². The Morgan fingerprint density at radius 3 is 0.688 bits per heavy atom. The van der Waals surface area contributed by atoms with Crippen molar-refractivity contribution in [3.05, 3.63) is 31.5 Å². The van der Waals surface area contributed by atoms with Crippen LogP contribution in [0.3, 0.4) is 0 Å². The summed E-state index contributed by atoms with van der Waals surface area (Å²) >= 11 is 0. The average molecular weight is 685 g/mol. The number of aliphatic hydroxyl groups excluding tert-OH is 3. The van der Waals surface area contributed by atoms with E-state index in [9.17, 15) is 29.7 Å². The molecule has 0 spiro atoms. The molecule has 12 nitrogen and oxygen atoms in total. The van der Waals surface area contributed by atoms with E-state index in [2.05, 4.69) is 97.8 Å². The molecule has 0 aliphatic heterocycles. The summed E-state index contributed by atoms with van der Waals surface area (Å²) < 4.78 is 2.69. The molecule has 0 bridgehead atoms. The Hall–Kier alpha value is -1.83. The standard InChI is InChI=1S/C36H72N6O6/c1-25(2)13-37(14-26(3)4)19-31(43)22-40-34(46)41(23-32(44)20-38(15-27(5)6)16-28(7)8)36(48)42(35(40)47)24-33(45)21-39(17-29(9)10)18-30(11)12/h25-33,43-45H,13-24H2,1-12H3. The van der Waals surface area contributed by atoms with E-state index in [-0.39, 0.29) is 39.3 Å². The van der Waals surface area contributed by atoms with E-state index in [4.69, 9.17) is 0 Å². The van der Waals surface area contributed by atoms with Gasteiger partial charge in [-0.05, 0) is 35.5 Å². The van der Waals surface area contributed by atoms with Crippen molar-refractivity contribution < 1.29 is 15.3 Å². The normalized spacial score (nSPS) is 14.8. The van der Waals surface area contributed by atoms with Gasteiger partial charge in [-0.15, -0.1) is 0 Å². The Morgan fingerprint density at radius 2 is 0.542 bits per heavy atom. The Balaban J connectivity index is 3.57. The SMILES string of the molecule is CC(C)CN(CC(C)C)CC(O)Cn1c(=O)n(CC(O)CN(CC(C)C)CC(C)C)c(=O)n(CC(O)CN(CC(C)C)CC(C)C)c1=O. The summed E-state index contributed by atoms with van der Waals surface area (Å²) in [5.74, 6) is 2.15. The van der Waals surface area contributed by atoms with Crippen LogP contribution in [0.15, 0.2) is 14.4 Å². The first-order valence-corrected chi connectivity index (χ1v) is 18.4. The van der Waals surface area contributed by atoms with Crippen LogP contribution < -0.4 is 17.1 Å². The first-order chi connectivity index (χ1) is 22.2. The molecular weight excluding hydrogens is 612 g/mol. The largest absolute Gasteiger partial charge is 0.390 e. The van der Waals surface area contributed by atoms with E-state index in [0.29, 0.717) is 35.5 Å². The van der Waals surface area contributed by atoms with Gasteiger partial charge in [0.2, 0.25) is 0 Å². The minimum Gasteiger partial charge on any atom is -0.390 e. The third-order valence-corrected chi connectivity index (χ3v) is 7.71. The van der Waals surface area contributed by atoms with Crippen molar-refractivity contribution in [2.45, 2.75) is 121 Å². The molecule has 1 aromatic rings. The van der Waals surface area contributed by atoms with E-state index < -0.39 is 35.4 Å². The van der Waals surface area contributed by atoms with Crippen molar-refractivity contribution in [3.63, 3.8) is 0 Å². The molecule has 0 aliphatic carbocycles. The lowest BCUT2D eigenvalue weighted by atomic mass is 10.1. The van der Waals surface area contributed by atoms with Crippen LogP contribution in [0.25, 0.3) is 0 Å². The van der Waals surface area contributed by atoms with Gasteiger partial charge in [-0.25, -0.2) is 28.1 Å². The minimum atomic E-state index is -1.05. The van der Waals surface area contributed by atoms with Gasteiger partial charge in [0.1, 0.15) is 0 Å². The Kier molecular flexibility index (Phi) is 19.7. The molecule has 3 unspecified atom stereocenters. The molecule has 1 heterocycles. The zero-order valence-corrected chi connectivity index (χ0v) is 32.4. The zero-order chi connectivity index (χ0) is 36.9. The van der Waals surface area contributed by atoms with Crippen LogP contribution in [0, 0.1) is 35.5 Å². The van der Waals surface area contributed by atoms with Gasteiger partial charge in [0, 0.05) is 58.9 Å². The molecule has 3 atom stereocenters. The fraction of sp³-hybridized carbons (Fsp3) is 0.917. The van der Waals surface area contributed by atoms with Crippen molar-refractivity contribution in [1.82, 2.24) is 28.4 Å². The molecule has 0 saturated carbocycles. The molecule has 0 fully saturated rings. The molecule has 0 radical (unpaired) electrons. The first kappa shape index (κ1) is 44.2. The van der Waals surface area contributed by atoms with Crippen LogP contribution in [0.4, 0.5) is 0 Å². The Bertz CT molecular complexity index is 1010. The molecule has 0 aliphatic rings. The van der Waals surface area contributed by atoms with Crippen LogP contribution in [0.5, 0.6) is 0 Å². The van der Waals surface area contributed by atoms with Gasteiger partial charge in [-0.1, -0.05) is 83.1 Å². The quantitative estimate of drug-likeness (QED) is 0.150. The lowest BCUT2D eigenvalue weighted by Crippen LogP contribution is -2.58.